The molecule has 0 heterocycles. The lowest BCUT2D eigenvalue weighted by Crippen LogP contribution is -2.03. The predicted molar refractivity (Wildman–Crippen MR) is 65.3 cm³/mol. The fourth-order valence-corrected chi connectivity index (χ4v) is 1.44. The van der Waals surface area contributed by atoms with Gasteiger partial charge in [0.15, 0.2) is 0 Å². The van der Waals surface area contributed by atoms with Crippen LogP contribution < -0.4 is 5.11 Å². The monoisotopic (exact) mass is 237 g/mol. The summed E-state index contributed by atoms with van der Waals surface area (Å²) in [6.45, 7) is 0. The predicted octanol–water partition coefficient (Wildman–Crippen LogP) is 1.86. The van der Waals surface area contributed by atoms with E-state index in [4.69, 9.17) is 5.11 Å². The van der Waals surface area contributed by atoms with Crippen LogP contribution >= 0.6 is 0 Å². The Labute approximate surface area is 104 Å². The van der Waals surface area contributed by atoms with E-state index in [-0.39, 0.29) is 5.56 Å². The molecule has 2 aromatic carbocycles. The smallest absolute Gasteiger partial charge is 0.335 e. The summed E-state index contributed by atoms with van der Waals surface area (Å²) in [5.41, 5.74) is 1.09. The molecule has 0 spiro atoms. The molecule has 88 valence electrons. The lowest BCUT2D eigenvalue weighted by Gasteiger charge is -2.09. The van der Waals surface area contributed by atoms with Crippen LogP contribution in [0.15, 0.2) is 48.5 Å². The second-order valence-corrected chi connectivity index (χ2v) is 3.63. The summed E-state index contributed by atoms with van der Waals surface area (Å²) in [6, 6.07) is 13.4. The van der Waals surface area contributed by atoms with E-state index in [1.807, 2.05) is 30.3 Å². The van der Waals surface area contributed by atoms with Crippen LogP contribution in [0, 0.1) is 11.8 Å². The minimum absolute atomic E-state index is 0.255. The topological polar surface area (TPSA) is 60.4 Å². The molecular formula is C15H9O3-. The van der Waals surface area contributed by atoms with Crippen LogP contribution in [0.25, 0.3) is 0 Å². The Bertz CT molecular complexity index is 634. The lowest BCUT2D eigenvalue weighted by atomic mass is 10.1. The molecule has 3 heteroatoms. The third-order valence-electron chi connectivity index (χ3n) is 2.33. The quantitative estimate of drug-likeness (QED) is 0.770. The molecule has 0 bridgehead atoms. The lowest BCUT2D eigenvalue weighted by molar-refractivity contribution is -0.268. The molecule has 3 nitrogen and oxygen atoms in total. The van der Waals surface area contributed by atoms with Crippen molar-refractivity contribution >= 4 is 5.97 Å². The van der Waals surface area contributed by atoms with Crippen LogP contribution in [-0.2, 0) is 0 Å². The zero-order chi connectivity index (χ0) is 13.0. The van der Waals surface area contributed by atoms with Gasteiger partial charge < -0.3 is 10.2 Å². The number of carbonyl (C=O) groups is 1. The molecule has 0 aliphatic rings. The van der Waals surface area contributed by atoms with Crippen LogP contribution in [0.1, 0.15) is 21.5 Å². The summed E-state index contributed by atoms with van der Waals surface area (Å²) in [7, 11) is 0. The first-order valence-electron chi connectivity index (χ1n) is 5.28. The van der Waals surface area contributed by atoms with E-state index in [0.717, 1.165) is 5.56 Å². The van der Waals surface area contributed by atoms with E-state index >= 15 is 0 Å². The van der Waals surface area contributed by atoms with Gasteiger partial charge in [0.1, 0.15) is 0 Å². The number of aromatic carboxylic acids is 1. The summed E-state index contributed by atoms with van der Waals surface area (Å²) >= 11 is 0. The molecule has 0 unspecified atom stereocenters. The van der Waals surface area contributed by atoms with E-state index in [9.17, 15) is 9.90 Å². The normalized spacial score (nSPS) is 9.33. The molecule has 0 saturated heterocycles. The van der Waals surface area contributed by atoms with Gasteiger partial charge in [0.05, 0.1) is 5.56 Å². The Morgan fingerprint density at radius 2 is 1.67 bits per heavy atom. The maximum Gasteiger partial charge on any atom is 0.335 e. The van der Waals surface area contributed by atoms with Gasteiger partial charge in [0, 0.05) is 11.1 Å². The van der Waals surface area contributed by atoms with E-state index < -0.39 is 11.7 Å². The molecule has 18 heavy (non-hydrogen) atoms. The first-order valence-corrected chi connectivity index (χ1v) is 5.28. The Morgan fingerprint density at radius 1 is 1.00 bits per heavy atom. The number of benzene rings is 2. The Balaban J connectivity index is 2.34. The van der Waals surface area contributed by atoms with Crippen LogP contribution in [0.3, 0.4) is 0 Å². The Morgan fingerprint density at radius 3 is 2.33 bits per heavy atom. The van der Waals surface area contributed by atoms with E-state index in [0.29, 0.717) is 5.56 Å². The van der Waals surface area contributed by atoms with Crippen molar-refractivity contribution in [2.45, 2.75) is 0 Å². The first-order chi connectivity index (χ1) is 8.66. The van der Waals surface area contributed by atoms with Crippen molar-refractivity contribution in [1.82, 2.24) is 0 Å². The number of hydrogen-bond acceptors (Lipinski definition) is 2. The Hall–Kier alpha value is -2.73. The summed E-state index contributed by atoms with van der Waals surface area (Å²) in [5.74, 6) is 3.99. The number of hydrogen-bond donors (Lipinski definition) is 1. The summed E-state index contributed by atoms with van der Waals surface area (Å²) in [5, 5.41) is 20.1. The van der Waals surface area contributed by atoms with Crippen LogP contribution in [0.4, 0.5) is 0 Å². The SMILES string of the molecule is O=C(O)c1cc(C#Cc2ccccc2)ccc1[O-]. The number of rotatable bonds is 1. The van der Waals surface area contributed by atoms with E-state index in [1.165, 1.54) is 18.2 Å². The molecule has 0 radical (unpaired) electrons. The molecule has 1 N–H and O–H groups in total. The van der Waals surface area contributed by atoms with Crippen molar-refractivity contribution in [3.63, 3.8) is 0 Å². The van der Waals surface area contributed by atoms with Gasteiger partial charge in [-0.1, -0.05) is 41.9 Å². The van der Waals surface area contributed by atoms with Gasteiger partial charge in [-0.3, -0.25) is 0 Å². The maximum absolute atomic E-state index is 11.3. The third kappa shape index (κ3) is 2.69. The minimum Gasteiger partial charge on any atom is -0.872 e. The van der Waals surface area contributed by atoms with E-state index in [1.54, 1.807) is 0 Å². The van der Waals surface area contributed by atoms with Crippen LogP contribution in [0.2, 0.25) is 0 Å². The van der Waals surface area contributed by atoms with Gasteiger partial charge >= 0.3 is 5.97 Å². The minimum atomic E-state index is -1.23. The molecule has 0 saturated carbocycles. The summed E-state index contributed by atoms with van der Waals surface area (Å²) < 4.78 is 0. The van der Waals surface area contributed by atoms with Crippen molar-refractivity contribution in [3.8, 4) is 17.6 Å². The maximum atomic E-state index is 11.3. The molecular weight excluding hydrogens is 228 g/mol. The van der Waals surface area contributed by atoms with Gasteiger partial charge in [-0.05, 0) is 24.3 Å². The molecule has 2 rings (SSSR count). The molecule has 0 amide bonds. The Kier molecular flexibility index (Phi) is 3.31. The number of carboxylic acid groups (broad SMARTS) is 1. The standard InChI is InChI=1S/C15H10O3/c16-14-9-8-12(10-13(14)15(17)18)7-6-11-4-2-1-3-5-11/h1-5,8-10,16H,(H,17,18)/p-1. The van der Waals surface area contributed by atoms with Gasteiger partial charge in [0.25, 0.3) is 0 Å². The molecule has 0 fully saturated rings. The van der Waals surface area contributed by atoms with Gasteiger partial charge in [-0.2, -0.15) is 0 Å². The average molecular weight is 237 g/mol. The molecule has 2 aromatic rings. The van der Waals surface area contributed by atoms with Crippen LogP contribution in [-0.4, -0.2) is 11.1 Å². The largest absolute Gasteiger partial charge is 0.872 e. The highest BCUT2D eigenvalue weighted by Gasteiger charge is 2.03. The van der Waals surface area contributed by atoms with Gasteiger partial charge in [-0.25, -0.2) is 4.79 Å². The molecule has 0 aliphatic heterocycles. The highest BCUT2D eigenvalue weighted by molar-refractivity contribution is 5.91. The van der Waals surface area contributed by atoms with Gasteiger partial charge in [0.2, 0.25) is 0 Å². The van der Waals surface area contributed by atoms with Crippen molar-refractivity contribution in [1.29, 1.82) is 0 Å². The van der Waals surface area contributed by atoms with Crippen molar-refractivity contribution in [3.05, 3.63) is 65.2 Å². The second-order valence-electron chi connectivity index (χ2n) is 3.63. The van der Waals surface area contributed by atoms with E-state index in [2.05, 4.69) is 11.8 Å². The average Bonchev–Trinajstić information content (AvgIpc) is 2.38. The fourth-order valence-electron chi connectivity index (χ4n) is 1.44. The van der Waals surface area contributed by atoms with Gasteiger partial charge in [-0.15, -0.1) is 0 Å². The highest BCUT2D eigenvalue weighted by atomic mass is 16.4. The first kappa shape index (κ1) is 11.7. The third-order valence-corrected chi connectivity index (χ3v) is 2.33. The van der Waals surface area contributed by atoms with Crippen LogP contribution in [0.5, 0.6) is 5.75 Å². The second kappa shape index (κ2) is 5.07. The van der Waals surface area contributed by atoms with Crippen molar-refractivity contribution < 1.29 is 15.0 Å². The van der Waals surface area contributed by atoms with Crippen molar-refractivity contribution in [2.24, 2.45) is 0 Å². The zero-order valence-corrected chi connectivity index (χ0v) is 9.38. The molecule has 0 aliphatic carbocycles. The highest BCUT2D eigenvalue weighted by Crippen LogP contribution is 2.15. The molecule has 0 aromatic heterocycles. The van der Waals surface area contributed by atoms with Crippen molar-refractivity contribution in [2.75, 3.05) is 0 Å². The fraction of sp³-hybridized carbons (Fsp3) is 0. The zero-order valence-electron chi connectivity index (χ0n) is 9.38. The summed E-state index contributed by atoms with van der Waals surface area (Å²) in [4.78, 5) is 10.8. The number of carboxylic acids is 1. The summed E-state index contributed by atoms with van der Waals surface area (Å²) in [6.07, 6.45) is 0. The molecule has 0 atom stereocenters.